The molecule has 2 heteroatoms. The number of rotatable bonds is 5. The van der Waals surface area contributed by atoms with E-state index < -0.39 is 0 Å². The third kappa shape index (κ3) is 3.91. The first-order chi connectivity index (χ1) is 14.7. The van der Waals surface area contributed by atoms with Crippen LogP contribution in [0.3, 0.4) is 0 Å². The molecule has 0 aromatic carbocycles. The van der Waals surface area contributed by atoms with Crippen molar-refractivity contribution in [2.45, 2.75) is 99.0 Å². The Hall–Kier alpha value is -1.18. The van der Waals surface area contributed by atoms with Crippen molar-refractivity contribution in [3.05, 3.63) is 40.4 Å². The van der Waals surface area contributed by atoms with E-state index in [0.717, 1.165) is 31.1 Å². The van der Waals surface area contributed by atoms with Crippen molar-refractivity contribution < 1.29 is 0 Å². The van der Waals surface area contributed by atoms with Gasteiger partial charge >= 0.3 is 0 Å². The zero-order valence-corrected chi connectivity index (χ0v) is 20.9. The van der Waals surface area contributed by atoms with Gasteiger partial charge in [-0.2, -0.15) is 4.91 Å². The Kier molecular flexibility index (Phi) is 6.41. The van der Waals surface area contributed by atoms with E-state index >= 15 is 0 Å². The minimum atomic E-state index is -0.00592. The fraction of sp³-hybridized carbons (Fsp3) is 0.793. The quantitative estimate of drug-likeness (QED) is 0.322. The molecule has 0 N–H and O–H groups in total. The number of hydrogen-bond donors (Lipinski definition) is 0. The van der Waals surface area contributed by atoms with Gasteiger partial charge in [-0.1, -0.05) is 88.6 Å². The summed E-state index contributed by atoms with van der Waals surface area (Å²) < 4.78 is 0. The van der Waals surface area contributed by atoms with Gasteiger partial charge in [0.2, 0.25) is 0 Å². The second-order valence-electron chi connectivity index (χ2n) is 12.3. The van der Waals surface area contributed by atoms with Gasteiger partial charge in [-0.15, -0.1) is 0 Å². The first kappa shape index (κ1) is 23.0. The van der Waals surface area contributed by atoms with Crippen LogP contribution in [0.2, 0.25) is 0 Å². The average Bonchev–Trinajstić information content (AvgIpc) is 2.99. The maximum atomic E-state index is 11.3. The highest BCUT2D eigenvalue weighted by Gasteiger charge is 2.56. The monoisotopic (exact) mass is 423 g/mol. The van der Waals surface area contributed by atoms with Gasteiger partial charge in [0.25, 0.3) is 0 Å². The van der Waals surface area contributed by atoms with E-state index in [1.165, 1.54) is 37.7 Å². The van der Waals surface area contributed by atoms with Crippen LogP contribution in [-0.2, 0) is 0 Å². The van der Waals surface area contributed by atoms with Crippen molar-refractivity contribution in [2.24, 2.45) is 51.5 Å². The average molecular weight is 424 g/mol. The normalized spacial score (nSPS) is 42.2. The third-order valence-corrected chi connectivity index (χ3v) is 10.4. The Morgan fingerprint density at radius 1 is 0.968 bits per heavy atom. The molecule has 172 valence electrons. The number of nitroso groups, excluding NO2 is 1. The van der Waals surface area contributed by atoms with Crippen molar-refractivity contribution in [1.29, 1.82) is 0 Å². The lowest BCUT2D eigenvalue weighted by Crippen LogP contribution is -2.44. The lowest BCUT2D eigenvalue weighted by atomic mass is 9.51. The molecular weight excluding hydrogens is 378 g/mol. The summed E-state index contributed by atoms with van der Waals surface area (Å²) >= 11 is 0. The zero-order chi connectivity index (χ0) is 22.4. The van der Waals surface area contributed by atoms with Crippen molar-refractivity contribution in [3.63, 3.8) is 0 Å². The van der Waals surface area contributed by atoms with Crippen LogP contribution < -0.4 is 0 Å². The fourth-order valence-electron chi connectivity index (χ4n) is 7.92. The van der Waals surface area contributed by atoms with Crippen LogP contribution in [0.5, 0.6) is 0 Å². The van der Waals surface area contributed by atoms with E-state index in [9.17, 15) is 4.91 Å². The highest BCUT2D eigenvalue weighted by molar-refractivity contribution is 5.38. The summed E-state index contributed by atoms with van der Waals surface area (Å²) in [4.78, 5) is 11.3. The number of nitrogens with zero attached hydrogens (tertiary/aromatic N) is 1. The van der Waals surface area contributed by atoms with Gasteiger partial charge in [-0.25, -0.2) is 0 Å². The lowest BCUT2D eigenvalue weighted by Gasteiger charge is -2.53. The molecule has 4 rings (SSSR count). The summed E-state index contributed by atoms with van der Waals surface area (Å²) in [5.74, 6) is 4.26. The minimum absolute atomic E-state index is 0.00592. The molecule has 3 saturated carbocycles. The molecule has 2 nitrogen and oxygen atoms in total. The Morgan fingerprint density at radius 2 is 1.74 bits per heavy atom. The molecular formula is C29H45NO. The summed E-state index contributed by atoms with van der Waals surface area (Å²) in [6.45, 7) is 14.6. The van der Waals surface area contributed by atoms with Gasteiger partial charge < -0.3 is 0 Å². The Balaban J connectivity index is 1.58. The van der Waals surface area contributed by atoms with Crippen LogP contribution in [0.15, 0.2) is 40.6 Å². The maximum Gasteiger partial charge on any atom is 0.0957 e. The molecule has 8 unspecified atom stereocenters. The van der Waals surface area contributed by atoms with E-state index in [4.69, 9.17) is 0 Å². The molecule has 8 atom stereocenters. The Morgan fingerprint density at radius 3 is 2.45 bits per heavy atom. The summed E-state index contributed by atoms with van der Waals surface area (Å²) in [7, 11) is 0. The van der Waals surface area contributed by atoms with Crippen LogP contribution in [0.1, 0.15) is 92.9 Å². The van der Waals surface area contributed by atoms with E-state index in [1.54, 1.807) is 5.57 Å². The highest BCUT2D eigenvalue weighted by Crippen LogP contribution is 2.65. The minimum Gasteiger partial charge on any atom is -0.151 e. The summed E-state index contributed by atoms with van der Waals surface area (Å²) in [5, 5.41) is 3.45. The highest BCUT2D eigenvalue weighted by atomic mass is 16.3. The molecule has 0 amide bonds. The molecule has 0 aliphatic heterocycles. The molecule has 31 heavy (non-hydrogen) atoms. The summed E-state index contributed by atoms with van der Waals surface area (Å²) in [5.41, 5.74) is 3.96. The van der Waals surface area contributed by atoms with Gasteiger partial charge in [0.1, 0.15) is 0 Å². The van der Waals surface area contributed by atoms with Gasteiger partial charge in [-0.3, -0.25) is 0 Å². The van der Waals surface area contributed by atoms with E-state index in [0.29, 0.717) is 29.1 Å². The zero-order valence-electron chi connectivity index (χ0n) is 20.9. The van der Waals surface area contributed by atoms with E-state index in [1.807, 2.05) is 0 Å². The largest absolute Gasteiger partial charge is 0.151 e. The molecule has 0 radical (unpaired) electrons. The second kappa shape index (κ2) is 8.64. The first-order valence-electron chi connectivity index (χ1n) is 13.1. The van der Waals surface area contributed by atoms with Crippen LogP contribution in [0, 0.1) is 51.2 Å². The van der Waals surface area contributed by atoms with E-state index in [2.05, 4.69) is 71.0 Å². The smallest absolute Gasteiger partial charge is 0.0957 e. The van der Waals surface area contributed by atoms with Crippen molar-refractivity contribution in [2.75, 3.05) is 0 Å². The topological polar surface area (TPSA) is 29.4 Å². The van der Waals surface area contributed by atoms with Crippen molar-refractivity contribution >= 4 is 0 Å². The summed E-state index contributed by atoms with van der Waals surface area (Å²) in [6, 6.07) is -0.00592. The third-order valence-electron chi connectivity index (χ3n) is 10.4. The van der Waals surface area contributed by atoms with Crippen LogP contribution in [0.4, 0.5) is 0 Å². The van der Waals surface area contributed by atoms with Gasteiger partial charge in [-0.05, 0) is 91.3 Å². The molecule has 0 saturated heterocycles. The molecule has 4 aliphatic rings. The molecule has 0 aromatic rings. The SMILES string of the molecule is CC(C)C(C)/C=C\C(C)C1CCC2C3=CC=C4CC(N=O)CCCC4(C)C3CCC21C. The fourth-order valence-corrected chi connectivity index (χ4v) is 7.92. The van der Waals surface area contributed by atoms with Crippen molar-refractivity contribution in [1.82, 2.24) is 0 Å². The molecule has 0 heterocycles. The Bertz CT molecular complexity index is 776. The summed E-state index contributed by atoms with van der Waals surface area (Å²) in [6.07, 6.45) is 19.6. The predicted molar refractivity (Wildman–Crippen MR) is 132 cm³/mol. The lowest BCUT2D eigenvalue weighted by molar-refractivity contribution is 0.0624. The van der Waals surface area contributed by atoms with Crippen LogP contribution >= 0.6 is 0 Å². The number of allylic oxidation sites excluding steroid dienone is 5. The number of hydrogen-bond acceptors (Lipinski definition) is 2. The molecule has 0 bridgehead atoms. The second-order valence-corrected chi connectivity index (χ2v) is 12.3. The van der Waals surface area contributed by atoms with Gasteiger partial charge in [0.05, 0.1) is 6.04 Å². The molecule has 3 fully saturated rings. The van der Waals surface area contributed by atoms with Crippen LogP contribution in [0.25, 0.3) is 0 Å². The Labute approximate surface area is 191 Å². The van der Waals surface area contributed by atoms with Crippen LogP contribution in [-0.4, -0.2) is 6.04 Å². The number of fused-ring (bicyclic) bond motifs is 5. The predicted octanol–water partition coefficient (Wildman–Crippen LogP) is 8.50. The molecule has 0 spiro atoms. The maximum absolute atomic E-state index is 11.3. The van der Waals surface area contributed by atoms with Gasteiger partial charge in [0, 0.05) is 0 Å². The van der Waals surface area contributed by atoms with Crippen molar-refractivity contribution in [3.8, 4) is 0 Å². The van der Waals surface area contributed by atoms with Gasteiger partial charge in [0.15, 0.2) is 0 Å². The van der Waals surface area contributed by atoms with E-state index in [-0.39, 0.29) is 11.5 Å². The first-order valence-corrected chi connectivity index (χ1v) is 13.1. The molecule has 4 aliphatic carbocycles. The molecule has 0 aromatic heterocycles. The standard InChI is InChI=1S/C29H45NO/c1-19(2)20(3)9-10-21(4)25-13-14-26-24-12-11-22-18-23(30-31)8-7-16-28(22,5)27(24)15-17-29(25,26)6/h9-12,19-21,23,25-27H,7-8,13-18H2,1-6H3/b10-9-.